The van der Waals surface area contributed by atoms with Crippen LogP contribution in [-0.2, 0) is 0 Å². The molecule has 1 aromatic carbocycles. The van der Waals surface area contributed by atoms with Crippen LogP contribution < -0.4 is 10.5 Å². The van der Waals surface area contributed by atoms with E-state index in [4.69, 9.17) is 10.5 Å². The van der Waals surface area contributed by atoms with Crippen molar-refractivity contribution in [3.8, 4) is 5.75 Å². The van der Waals surface area contributed by atoms with Gasteiger partial charge in [-0.05, 0) is 55.9 Å². The quantitative estimate of drug-likeness (QED) is 0.888. The number of hydrogen-bond acceptors (Lipinski definition) is 3. The van der Waals surface area contributed by atoms with Crippen molar-refractivity contribution in [3.05, 3.63) is 29.8 Å². The number of thioether (sulfide) groups is 1. The number of nitrogens with two attached hydrogens (primary N) is 1. The van der Waals surface area contributed by atoms with E-state index in [0.717, 1.165) is 24.8 Å². The molecule has 0 bridgehead atoms. The highest BCUT2D eigenvalue weighted by molar-refractivity contribution is 7.99. The van der Waals surface area contributed by atoms with E-state index >= 15 is 0 Å². The highest BCUT2D eigenvalue weighted by Gasteiger charge is 2.23. The number of hydrogen-bond donors (Lipinski definition) is 1. The van der Waals surface area contributed by atoms with Crippen LogP contribution in [0.3, 0.4) is 0 Å². The molecule has 0 aliphatic carbocycles. The van der Waals surface area contributed by atoms with Crippen LogP contribution in [0, 0.1) is 18.8 Å². The Balaban J connectivity index is 1.84. The number of benzene rings is 1. The highest BCUT2D eigenvalue weighted by Crippen LogP contribution is 2.29. The molecule has 0 spiro atoms. The van der Waals surface area contributed by atoms with Crippen molar-refractivity contribution in [2.45, 2.75) is 19.8 Å². The first-order chi connectivity index (χ1) is 8.79. The van der Waals surface area contributed by atoms with Crippen LogP contribution in [-0.4, -0.2) is 24.7 Å². The molecule has 1 atom stereocenters. The standard InChI is InChI=1S/C15H23NOS/c1-12-2-4-15(5-3-12)17-11-14(10-16)13-6-8-18-9-7-13/h2-5,13-14H,6-11,16H2,1H3. The van der Waals surface area contributed by atoms with Gasteiger partial charge in [0.1, 0.15) is 5.75 Å². The predicted molar refractivity (Wildman–Crippen MR) is 79.3 cm³/mol. The van der Waals surface area contributed by atoms with Gasteiger partial charge in [0.15, 0.2) is 0 Å². The summed E-state index contributed by atoms with van der Waals surface area (Å²) in [5.74, 6) is 4.79. The Morgan fingerprint density at radius 3 is 2.56 bits per heavy atom. The molecule has 100 valence electrons. The van der Waals surface area contributed by atoms with E-state index in [2.05, 4.69) is 30.8 Å². The fraction of sp³-hybridized carbons (Fsp3) is 0.600. The molecule has 3 heteroatoms. The summed E-state index contributed by atoms with van der Waals surface area (Å²) < 4.78 is 5.88. The van der Waals surface area contributed by atoms with Crippen molar-refractivity contribution in [2.75, 3.05) is 24.7 Å². The van der Waals surface area contributed by atoms with Crippen LogP contribution in [0.2, 0.25) is 0 Å². The zero-order chi connectivity index (χ0) is 12.8. The summed E-state index contributed by atoms with van der Waals surface area (Å²) in [4.78, 5) is 0. The predicted octanol–water partition coefficient (Wildman–Crippen LogP) is 3.09. The average Bonchev–Trinajstić information content (AvgIpc) is 2.43. The molecule has 1 heterocycles. The van der Waals surface area contributed by atoms with E-state index in [0.29, 0.717) is 5.92 Å². The second-order valence-corrected chi connectivity index (χ2v) is 6.29. The molecule has 18 heavy (non-hydrogen) atoms. The van der Waals surface area contributed by atoms with E-state index in [9.17, 15) is 0 Å². The molecule has 1 unspecified atom stereocenters. The van der Waals surface area contributed by atoms with Crippen LogP contribution in [0.1, 0.15) is 18.4 Å². The summed E-state index contributed by atoms with van der Waals surface area (Å²) in [6.07, 6.45) is 2.59. The third-order valence-electron chi connectivity index (χ3n) is 3.72. The number of rotatable bonds is 5. The van der Waals surface area contributed by atoms with Gasteiger partial charge < -0.3 is 10.5 Å². The van der Waals surface area contributed by atoms with Gasteiger partial charge in [-0.1, -0.05) is 17.7 Å². The maximum Gasteiger partial charge on any atom is 0.119 e. The molecule has 1 aliphatic rings. The molecule has 1 fully saturated rings. The van der Waals surface area contributed by atoms with E-state index in [1.807, 2.05) is 12.1 Å². The summed E-state index contributed by atoms with van der Waals surface area (Å²) in [7, 11) is 0. The van der Waals surface area contributed by atoms with Crippen molar-refractivity contribution < 1.29 is 4.74 Å². The minimum Gasteiger partial charge on any atom is -0.493 e. The lowest BCUT2D eigenvalue weighted by Gasteiger charge is -2.29. The fourth-order valence-corrected chi connectivity index (χ4v) is 3.56. The molecule has 2 rings (SSSR count). The molecular weight excluding hydrogens is 242 g/mol. The Kier molecular flexibility index (Phi) is 5.39. The summed E-state index contributed by atoms with van der Waals surface area (Å²) in [6.45, 7) is 3.59. The minimum atomic E-state index is 0.507. The molecule has 1 saturated heterocycles. The maximum absolute atomic E-state index is 5.91. The van der Waals surface area contributed by atoms with Gasteiger partial charge in [-0.15, -0.1) is 0 Å². The summed E-state index contributed by atoms with van der Waals surface area (Å²) >= 11 is 2.06. The lowest BCUT2D eigenvalue weighted by molar-refractivity contribution is 0.191. The fourth-order valence-electron chi connectivity index (χ4n) is 2.42. The van der Waals surface area contributed by atoms with Crippen molar-refractivity contribution >= 4 is 11.8 Å². The van der Waals surface area contributed by atoms with Crippen molar-refractivity contribution in [2.24, 2.45) is 17.6 Å². The normalized spacial score (nSPS) is 18.6. The van der Waals surface area contributed by atoms with Crippen molar-refractivity contribution in [3.63, 3.8) is 0 Å². The van der Waals surface area contributed by atoms with Crippen LogP contribution in [0.25, 0.3) is 0 Å². The van der Waals surface area contributed by atoms with Crippen LogP contribution in [0.15, 0.2) is 24.3 Å². The molecule has 1 aliphatic heterocycles. The SMILES string of the molecule is Cc1ccc(OCC(CN)C2CCSCC2)cc1. The van der Waals surface area contributed by atoms with E-state index < -0.39 is 0 Å². The Labute approximate surface area is 114 Å². The monoisotopic (exact) mass is 265 g/mol. The molecule has 0 aromatic heterocycles. The van der Waals surface area contributed by atoms with Crippen molar-refractivity contribution in [1.82, 2.24) is 0 Å². The number of aryl methyl sites for hydroxylation is 1. The van der Waals surface area contributed by atoms with Crippen LogP contribution in [0.5, 0.6) is 5.75 Å². The van der Waals surface area contributed by atoms with E-state index in [1.165, 1.54) is 29.9 Å². The molecule has 0 saturated carbocycles. The second kappa shape index (κ2) is 7.05. The van der Waals surface area contributed by atoms with Gasteiger partial charge in [-0.25, -0.2) is 0 Å². The first-order valence-corrected chi connectivity index (χ1v) is 7.92. The van der Waals surface area contributed by atoms with Gasteiger partial charge >= 0.3 is 0 Å². The van der Waals surface area contributed by atoms with Gasteiger partial charge in [0, 0.05) is 5.92 Å². The third-order valence-corrected chi connectivity index (χ3v) is 4.77. The Morgan fingerprint density at radius 1 is 1.28 bits per heavy atom. The first kappa shape index (κ1) is 13.8. The summed E-state index contributed by atoms with van der Waals surface area (Å²) in [6, 6.07) is 8.26. The maximum atomic E-state index is 5.91. The zero-order valence-corrected chi connectivity index (χ0v) is 11.9. The van der Waals surface area contributed by atoms with Gasteiger partial charge in [0.2, 0.25) is 0 Å². The molecule has 0 radical (unpaired) electrons. The number of ether oxygens (including phenoxy) is 1. The van der Waals surface area contributed by atoms with Gasteiger partial charge in [0.25, 0.3) is 0 Å². The summed E-state index contributed by atoms with van der Waals surface area (Å²) in [5.41, 5.74) is 7.17. The highest BCUT2D eigenvalue weighted by atomic mass is 32.2. The lowest BCUT2D eigenvalue weighted by Crippen LogP contribution is -2.31. The Bertz CT molecular complexity index is 346. The third kappa shape index (κ3) is 3.92. The van der Waals surface area contributed by atoms with E-state index in [1.54, 1.807) is 0 Å². The smallest absolute Gasteiger partial charge is 0.119 e. The molecule has 2 N–H and O–H groups in total. The second-order valence-electron chi connectivity index (χ2n) is 5.07. The molecule has 1 aromatic rings. The van der Waals surface area contributed by atoms with Gasteiger partial charge in [0.05, 0.1) is 6.61 Å². The van der Waals surface area contributed by atoms with Crippen LogP contribution in [0.4, 0.5) is 0 Å². The minimum absolute atomic E-state index is 0.507. The first-order valence-electron chi connectivity index (χ1n) is 6.77. The molecule has 0 amide bonds. The van der Waals surface area contributed by atoms with Gasteiger partial charge in [-0.3, -0.25) is 0 Å². The van der Waals surface area contributed by atoms with Gasteiger partial charge in [-0.2, -0.15) is 11.8 Å². The summed E-state index contributed by atoms with van der Waals surface area (Å²) in [5, 5.41) is 0. The Morgan fingerprint density at radius 2 is 1.94 bits per heavy atom. The van der Waals surface area contributed by atoms with Crippen molar-refractivity contribution in [1.29, 1.82) is 0 Å². The Hall–Kier alpha value is -0.670. The zero-order valence-electron chi connectivity index (χ0n) is 11.1. The average molecular weight is 265 g/mol. The molecule has 2 nitrogen and oxygen atoms in total. The topological polar surface area (TPSA) is 35.2 Å². The largest absolute Gasteiger partial charge is 0.493 e. The molecular formula is C15H23NOS. The van der Waals surface area contributed by atoms with Crippen LogP contribution >= 0.6 is 11.8 Å². The lowest BCUT2D eigenvalue weighted by atomic mass is 9.88. The van der Waals surface area contributed by atoms with E-state index in [-0.39, 0.29) is 0 Å².